The molecule has 58 heavy (non-hydrogen) atoms. The zero-order chi connectivity index (χ0) is 40.6. The van der Waals surface area contributed by atoms with Crippen LogP contribution in [0.3, 0.4) is 0 Å². The van der Waals surface area contributed by atoms with Crippen LogP contribution < -0.4 is 16.1 Å². The van der Waals surface area contributed by atoms with Crippen LogP contribution >= 0.6 is 11.3 Å². The second kappa shape index (κ2) is 16.7. The molecular formula is C45H53N7O5S. The number of hydrogen-bond donors (Lipinski definition) is 3. The van der Waals surface area contributed by atoms with E-state index in [1.54, 1.807) is 13.3 Å². The van der Waals surface area contributed by atoms with Gasteiger partial charge >= 0.3 is 5.97 Å². The van der Waals surface area contributed by atoms with Crippen LogP contribution in [-0.4, -0.2) is 76.2 Å². The number of nitrogens with one attached hydrogen (secondary N) is 3. The highest BCUT2D eigenvalue weighted by molar-refractivity contribution is 7.10. The number of carbonyl (C=O) groups is 3. The van der Waals surface area contributed by atoms with E-state index in [1.165, 1.54) is 16.3 Å². The van der Waals surface area contributed by atoms with Crippen molar-refractivity contribution in [2.24, 2.45) is 11.3 Å². The monoisotopic (exact) mass is 803 g/mol. The summed E-state index contributed by atoms with van der Waals surface area (Å²) in [4.78, 5) is 52.2. The van der Waals surface area contributed by atoms with Gasteiger partial charge < -0.3 is 24.7 Å². The Morgan fingerprint density at radius 3 is 2.74 bits per heavy atom. The number of thiazole rings is 1. The highest BCUT2D eigenvalue weighted by atomic mass is 32.1. The van der Waals surface area contributed by atoms with Crippen molar-refractivity contribution < 1.29 is 23.9 Å². The molecule has 3 N–H and O–H groups in total. The molecule has 5 atom stereocenters. The summed E-state index contributed by atoms with van der Waals surface area (Å²) in [5.74, 6) is -1.24. The summed E-state index contributed by atoms with van der Waals surface area (Å²) in [6.07, 6.45) is 4.19. The fourth-order valence-electron chi connectivity index (χ4n) is 8.84. The number of methoxy groups -OCH3 is 1. The Morgan fingerprint density at radius 2 is 1.95 bits per heavy atom. The van der Waals surface area contributed by atoms with Crippen molar-refractivity contribution in [2.75, 3.05) is 26.8 Å². The van der Waals surface area contributed by atoms with Gasteiger partial charge in [-0.1, -0.05) is 50.2 Å². The molecule has 2 aromatic carbocycles. The summed E-state index contributed by atoms with van der Waals surface area (Å²) in [6, 6.07) is 18.7. The van der Waals surface area contributed by atoms with Crippen molar-refractivity contribution in [3.63, 3.8) is 0 Å². The van der Waals surface area contributed by atoms with Crippen LogP contribution in [0.5, 0.6) is 0 Å². The number of cyclic esters (lactones) is 1. The van der Waals surface area contributed by atoms with Crippen LogP contribution in [0.25, 0.3) is 33.4 Å². The third-order valence-corrected chi connectivity index (χ3v) is 12.7. The number of benzene rings is 2. The lowest BCUT2D eigenvalue weighted by molar-refractivity contribution is -0.155. The van der Waals surface area contributed by atoms with E-state index in [-0.39, 0.29) is 42.9 Å². The summed E-state index contributed by atoms with van der Waals surface area (Å²) >= 11 is 1.48. The molecule has 6 bridgehead atoms. The number of nitrogens with zero attached hydrogens (tertiary/aromatic N) is 4. The number of rotatable bonds is 7. The molecule has 2 fully saturated rings. The minimum atomic E-state index is -0.901. The summed E-state index contributed by atoms with van der Waals surface area (Å²) < 4.78 is 14.2. The molecule has 0 spiro atoms. The minimum absolute atomic E-state index is 0.158. The zero-order valence-electron chi connectivity index (χ0n) is 33.9. The van der Waals surface area contributed by atoms with Gasteiger partial charge in [-0.2, -0.15) is 0 Å². The van der Waals surface area contributed by atoms with Crippen LogP contribution in [-0.2, 0) is 43.2 Å². The molecule has 13 heteroatoms. The molecule has 6 heterocycles. The smallest absolute Gasteiger partial charge is 0.324 e. The second-order valence-corrected chi connectivity index (χ2v) is 17.5. The molecule has 0 aliphatic carbocycles. The predicted octanol–water partition coefficient (Wildman–Crippen LogP) is 6.55. The Hall–Kier alpha value is -4.95. The normalized spacial score (nSPS) is 23.0. The second-order valence-electron chi connectivity index (χ2n) is 16.5. The average Bonchev–Trinajstić information content (AvgIpc) is 4.00. The third-order valence-electron chi connectivity index (χ3n) is 11.9. The van der Waals surface area contributed by atoms with E-state index < -0.39 is 23.5 Å². The molecule has 304 valence electrons. The van der Waals surface area contributed by atoms with Gasteiger partial charge in [-0.3, -0.25) is 24.4 Å². The molecule has 2 saturated heterocycles. The molecule has 12 nitrogen and oxygen atoms in total. The van der Waals surface area contributed by atoms with Crippen molar-refractivity contribution in [3.05, 3.63) is 94.1 Å². The maximum absolute atomic E-state index is 14.4. The lowest BCUT2D eigenvalue weighted by Crippen LogP contribution is -2.60. The van der Waals surface area contributed by atoms with Gasteiger partial charge in [0.1, 0.15) is 12.1 Å². The number of esters is 1. The van der Waals surface area contributed by atoms with Crippen molar-refractivity contribution in [1.29, 1.82) is 0 Å². The summed E-state index contributed by atoms with van der Waals surface area (Å²) in [6.45, 7) is 10.4. The van der Waals surface area contributed by atoms with Gasteiger partial charge in [-0.05, 0) is 81.5 Å². The molecule has 0 saturated carbocycles. The van der Waals surface area contributed by atoms with Crippen molar-refractivity contribution in [2.45, 2.75) is 90.6 Å². The number of amides is 2. The van der Waals surface area contributed by atoms with Crippen LogP contribution in [0, 0.1) is 11.3 Å². The Kier molecular flexibility index (Phi) is 11.5. The first kappa shape index (κ1) is 39.9. The van der Waals surface area contributed by atoms with Crippen LogP contribution in [0.2, 0.25) is 0 Å². The predicted molar refractivity (Wildman–Crippen MR) is 225 cm³/mol. The summed E-state index contributed by atoms with van der Waals surface area (Å²) in [5, 5.41) is 12.0. The Balaban J connectivity index is 1.20. The maximum Gasteiger partial charge on any atom is 0.324 e. The van der Waals surface area contributed by atoms with E-state index in [1.807, 2.05) is 48.7 Å². The number of pyridine rings is 1. The fraction of sp³-hybridized carbons (Fsp3) is 0.444. The van der Waals surface area contributed by atoms with E-state index in [0.717, 1.165) is 61.8 Å². The Morgan fingerprint density at radius 1 is 1.12 bits per heavy atom. The lowest BCUT2D eigenvalue weighted by Gasteiger charge is -2.35. The highest BCUT2D eigenvalue weighted by Crippen LogP contribution is 2.42. The number of carbonyl (C=O) groups excluding carboxylic acids is 3. The third kappa shape index (κ3) is 7.92. The number of ether oxygens (including phenoxy) is 2. The van der Waals surface area contributed by atoms with E-state index in [2.05, 4.69) is 65.7 Å². The topological polar surface area (TPSA) is 140 Å². The molecule has 2 amide bonds. The van der Waals surface area contributed by atoms with Crippen molar-refractivity contribution >= 4 is 40.0 Å². The van der Waals surface area contributed by atoms with Crippen molar-refractivity contribution in [3.8, 4) is 22.5 Å². The van der Waals surface area contributed by atoms with Gasteiger partial charge in [0, 0.05) is 71.7 Å². The molecule has 3 aromatic heterocycles. The number of aryl methyl sites for hydroxylation is 1. The first-order valence-electron chi connectivity index (χ1n) is 20.5. The maximum atomic E-state index is 14.4. The van der Waals surface area contributed by atoms with E-state index >= 15 is 0 Å². The highest BCUT2D eigenvalue weighted by Gasteiger charge is 2.39. The van der Waals surface area contributed by atoms with E-state index in [9.17, 15) is 14.4 Å². The van der Waals surface area contributed by atoms with E-state index in [4.69, 9.17) is 19.4 Å². The van der Waals surface area contributed by atoms with Gasteiger partial charge in [0.15, 0.2) is 0 Å². The first-order chi connectivity index (χ1) is 28.0. The lowest BCUT2D eigenvalue weighted by atomic mass is 9.84. The van der Waals surface area contributed by atoms with E-state index in [0.29, 0.717) is 38.8 Å². The van der Waals surface area contributed by atoms with Gasteiger partial charge in [-0.15, -0.1) is 11.3 Å². The molecule has 8 rings (SSSR count). The SMILES string of the molecule is CCn1c(-c2cccnc2[C@H](C)OC)c2c3cc(ccc31)-c1csc(n1)C[C@H](NC(=O)[C@@H]1CCN[C@H]1c1ccccc1)C(=O)N1CCC[C@H](N1)C(=O)OCC(C)(C)C2. The zero-order valence-corrected chi connectivity index (χ0v) is 34.7. The number of hydrazine groups is 1. The first-order valence-corrected chi connectivity index (χ1v) is 21.3. The average molecular weight is 804 g/mol. The standard InChI is InChI=1S/C45H53N7O5S/c1-6-51-37-17-16-29-22-32(37)33(41(51)30-14-10-19-46-39(30)27(2)56-5)24-45(3,4)26-57-44(55)34-15-11-21-52(50-34)43(54)35(23-38-48-36(29)25-58-38)49-42(53)31-18-20-47-40(31)28-12-8-7-9-13-28/h7-10,12-14,16-17,19,22,25,27,31,34-35,40,47,50H,6,11,15,18,20-21,23-24,26H2,1-5H3,(H,49,53)/t27-,31+,34-,35-,40-/m0/s1. The van der Waals surface area contributed by atoms with Gasteiger partial charge in [0.25, 0.3) is 5.91 Å². The van der Waals surface area contributed by atoms with Gasteiger partial charge in [-0.25, -0.2) is 10.4 Å². The minimum Gasteiger partial charge on any atom is -0.464 e. The number of fused-ring (bicyclic) bond motifs is 6. The van der Waals surface area contributed by atoms with Crippen molar-refractivity contribution in [1.82, 2.24) is 35.6 Å². The van der Waals surface area contributed by atoms with Crippen LogP contribution in [0.1, 0.15) is 80.9 Å². The van der Waals surface area contributed by atoms with Crippen LogP contribution in [0.4, 0.5) is 0 Å². The largest absolute Gasteiger partial charge is 0.464 e. The molecule has 3 aliphatic heterocycles. The molecule has 0 unspecified atom stereocenters. The van der Waals surface area contributed by atoms with Gasteiger partial charge in [0.05, 0.1) is 40.7 Å². The summed E-state index contributed by atoms with van der Waals surface area (Å²) in [7, 11) is 1.70. The fourth-order valence-corrected chi connectivity index (χ4v) is 9.69. The molecule has 5 aromatic rings. The molecule has 3 aliphatic rings. The Labute approximate surface area is 343 Å². The molecule has 0 radical (unpaired) electrons. The molecular weight excluding hydrogens is 751 g/mol. The number of aromatic nitrogens is 3. The summed E-state index contributed by atoms with van der Waals surface area (Å²) in [5.41, 5.74) is 10.7. The Bertz CT molecular complexity index is 2300. The number of hydrogen-bond acceptors (Lipinski definition) is 10. The van der Waals surface area contributed by atoms with Gasteiger partial charge in [0.2, 0.25) is 5.91 Å². The van der Waals surface area contributed by atoms with Crippen LogP contribution in [0.15, 0.2) is 72.2 Å². The quantitative estimate of drug-likeness (QED) is 0.156.